The van der Waals surface area contributed by atoms with Crippen LogP contribution in [0.3, 0.4) is 0 Å². The number of methoxy groups -OCH3 is 1. The first-order valence-electron chi connectivity index (χ1n) is 14.5. The molecule has 13 nitrogen and oxygen atoms in total. The van der Waals surface area contributed by atoms with Gasteiger partial charge in [-0.25, -0.2) is 4.98 Å². The predicted molar refractivity (Wildman–Crippen MR) is 158 cm³/mol. The van der Waals surface area contributed by atoms with Gasteiger partial charge in [0.1, 0.15) is 47.0 Å². The van der Waals surface area contributed by atoms with Crippen LogP contribution in [0.1, 0.15) is 62.2 Å². The molecule has 8 N–H and O–H groups in total. The lowest BCUT2D eigenvalue weighted by atomic mass is 9.80. The number of aryl methyl sites for hydroxylation is 2. The Morgan fingerprint density at radius 1 is 0.978 bits per heavy atom. The summed E-state index contributed by atoms with van der Waals surface area (Å²) in [7, 11) is 1.34. The van der Waals surface area contributed by atoms with Crippen LogP contribution in [0.25, 0.3) is 0 Å². The molecule has 2 aliphatic rings. The Hall–Kier alpha value is -4.11. The van der Waals surface area contributed by atoms with E-state index in [1.165, 1.54) is 37.6 Å². The van der Waals surface area contributed by atoms with E-state index in [2.05, 4.69) is 4.98 Å². The zero-order valence-corrected chi connectivity index (χ0v) is 24.5. The molecule has 240 valence electrons. The second-order valence-electron chi connectivity index (χ2n) is 11.2. The van der Waals surface area contributed by atoms with Gasteiger partial charge in [-0.05, 0) is 73.6 Å². The summed E-state index contributed by atoms with van der Waals surface area (Å²) in [6.07, 6.45) is -3.68. The van der Waals surface area contributed by atoms with Crippen molar-refractivity contribution in [2.24, 2.45) is 0 Å². The number of aromatic hydroxyl groups is 1. The van der Waals surface area contributed by atoms with Crippen LogP contribution in [0.15, 0.2) is 42.6 Å². The molecule has 1 fully saturated rings. The van der Waals surface area contributed by atoms with Crippen LogP contribution in [-0.2, 0) is 17.6 Å². The quantitative estimate of drug-likeness (QED) is 0.114. The third kappa shape index (κ3) is 6.10. The molecule has 5 atom stereocenters. The van der Waals surface area contributed by atoms with E-state index in [4.69, 9.17) is 25.1 Å². The highest BCUT2D eigenvalue weighted by Gasteiger charge is 2.55. The van der Waals surface area contributed by atoms with Crippen molar-refractivity contribution in [2.45, 2.75) is 62.3 Å². The number of aromatic nitrogens is 1. The number of ketones is 2. The number of hydrogen-bond donors (Lipinski definition) is 7. The maximum absolute atomic E-state index is 13.8. The molecule has 1 aromatic heterocycles. The number of aliphatic hydroxyl groups excluding tert-OH is 4. The molecule has 0 spiro atoms. The van der Waals surface area contributed by atoms with Crippen LogP contribution in [0.5, 0.6) is 17.2 Å². The lowest BCUT2D eigenvalue weighted by Crippen LogP contribution is -2.68. The molecule has 0 bridgehead atoms. The van der Waals surface area contributed by atoms with Crippen molar-refractivity contribution in [3.05, 3.63) is 76.0 Å². The molecule has 0 radical (unpaired) electrons. The zero-order valence-electron chi connectivity index (χ0n) is 24.5. The number of nitrogens with zero attached hydrogens (tertiary/aromatic N) is 1. The minimum Gasteiger partial charge on any atom is -0.507 e. The molecule has 1 aliphatic heterocycles. The molecule has 13 heteroatoms. The maximum atomic E-state index is 13.8. The van der Waals surface area contributed by atoms with Crippen molar-refractivity contribution in [3.8, 4) is 17.2 Å². The molecular weight excluding hydrogens is 588 g/mol. The summed E-state index contributed by atoms with van der Waals surface area (Å²) in [4.78, 5) is 31.4. The molecule has 0 amide bonds. The predicted octanol–water partition coefficient (Wildman–Crippen LogP) is 0.650. The molecule has 0 saturated carbocycles. The van der Waals surface area contributed by atoms with Crippen LogP contribution >= 0.6 is 0 Å². The molecule has 45 heavy (non-hydrogen) atoms. The largest absolute Gasteiger partial charge is 0.507 e. The molecular formula is C32H36N2O11. The van der Waals surface area contributed by atoms with E-state index in [0.717, 1.165) is 0 Å². The van der Waals surface area contributed by atoms with Crippen LogP contribution in [0.4, 0.5) is 5.82 Å². The lowest BCUT2D eigenvalue weighted by Gasteiger charge is -2.47. The fourth-order valence-corrected chi connectivity index (χ4v) is 5.89. The summed E-state index contributed by atoms with van der Waals surface area (Å²) in [5, 5.41) is 63.6. The number of nitrogens with two attached hydrogens (primary N) is 1. The van der Waals surface area contributed by atoms with Crippen molar-refractivity contribution >= 4 is 17.4 Å². The van der Waals surface area contributed by atoms with Gasteiger partial charge in [-0.1, -0.05) is 0 Å². The monoisotopic (exact) mass is 624 g/mol. The van der Waals surface area contributed by atoms with E-state index in [-0.39, 0.29) is 59.0 Å². The van der Waals surface area contributed by atoms with Crippen molar-refractivity contribution < 1.29 is 54.4 Å². The van der Waals surface area contributed by atoms with Crippen molar-refractivity contribution in [3.63, 3.8) is 0 Å². The molecule has 1 aliphatic carbocycles. The third-order valence-electron chi connectivity index (χ3n) is 8.34. The van der Waals surface area contributed by atoms with Crippen LogP contribution in [-0.4, -0.2) is 97.7 Å². The number of phenolic OH excluding ortho intramolecular Hbond substituents is 1. The van der Waals surface area contributed by atoms with Crippen LogP contribution < -0.4 is 15.2 Å². The number of phenols is 1. The number of carbonyl (C=O) groups is 2. The van der Waals surface area contributed by atoms with E-state index in [1.807, 2.05) is 0 Å². The maximum Gasteiger partial charge on any atom is 0.229 e. The molecule has 3 aromatic rings. The molecule has 2 heterocycles. The van der Waals surface area contributed by atoms with Gasteiger partial charge in [0.2, 0.25) is 12.1 Å². The number of benzene rings is 2. The second kappa shape index (κ2) is 13.1. The van der Waals surface area contributed by atoms with Gasteiger partial charge in [0, 0.05) is 30.0 Å². The molecule has 1 saturated heterocycles. The first-order chi connectivity index (χ1) is 21.5. The van der Waals surface area contributed by atoms with Gasteiger partial charge in [0.05, 0.1) is 24.8 Å². The summed E-state index contributed by atoms with van der Waals surface area (Å²) >= 11 is 0. The summed E-state index contributed by atoms with van der Waals surface area (Å²) in [6.45, 7) is -0.756. The summed E-state index contributed by atoms with van der Waals surface area (Å²) in [5.41, 5.74) is 4.40. The van der Waals surface area contributed by atoms with Crippen molar-refractivity contribution in [2.75, 3.05) is 26.1 Å². The zero-order chi connectivity index (χ0) is 32.5. The number of fused-ring (bicyclic) bond motifs is 2. The highest BCUT2D eigenvalue weighted by molar-refractivity contribution is 6.30. The Morgan fingerprint density at radius 2 is 1.73 bits per heavy atom. The van der Waals surface area contributed by atoms with Crippen molar-refractivity contribution in [1.82, 2.24) is 4.98 Å². The van der Waals surface area contributed by atoms with E-state index in [1.54, 1.807) is 12.1 Å². The van der Waals surface area contributed by atoms with Gasteiger partial charge < -0.3 is 50.6 Å². The minimum absolute atomic E-state index is 0.000218. The average molecular weight is 625 g/mol. The number of nitrogen functional groups attached to an aromatic ring is 1. The number of unbranched alkanes of at least 4 members (excludes halogenated alkanes) is 1. The van der Waals surface area contributed by atoms with Crippen LogP contribution in [0, 0.1) is 0 Å². The highest BCUT2D eigenvalue weighted by atomic mass is 16.7. The van der Waals surface area contributed by atoms with Gasteiger partial charge in [-0.2, -0.15) is 0 Å². The summed E-state index contributed by atoms with van der Waals surface area (Å²) < 4.78 is 17.0. The first kappa shape index (κ1) is 32.3. The van der Waals surface area contributed by atoms with E-state index in [0.29, 0.717) is 30.4 Å². The highest BCUT2D eigenvalue weighted by Crippen LogP contribution is 2.42. The Bertz CT molecular complexity index is 1590. The van der Waals surface area contributed by atoms with Gasteiger partial charge >= 0.3 is 0 Å². The molecule has 2 aromatic carbocycles. The number of rotatable bonds is 11. The number of carbonyl (C=O) groups excluding carboxylic acids is 2. The third-order valence-corrected chi connectivity index (χ3v) is 8.34. The number of aliphatic hydroxyl groups is 5. The lowest BCUT2D eigenvalue weighted by molar-refractivity contribution is -0.314. The number of ether oxygens (including phenoxy) is 3. The average Bonchev–Trinajstić information content (AvgIpc) is 3.02. The Kier molecular flexibility index (Phi) is 9.39. The Labute approximate surface area is 258 Å². The second-order valence-corrected chi connectivity index (χ2v) is 11.2. The number of pyridine rings is 1. The smallest absolute Gasteiger partial charge is 0.229 e. The number of hydrogen-bond acceptors (Lipinski definition) is 13. The Morgan fingerprint density at radius 3 is 2.42 bits per heavy atom. The van der Waals surface area contributed by atoms with E-state index >= 15 is 0 Å². The van der Waals surface area contributed by atoms with Crippen molar-refractivity contribution in [1.29, 1.82) is 0 Å². The summed E-state index contributed by atoms with van der Waals surface area (Å²) in [5.74, 6) is -1.56. The van der Waals surface area contributed by atoms with Gasteiger partial charge in [0.15, 0.2) is 5.78 Å². The SMILES string of the molecule is COc1cc(O[C@@H]2O[C@H](CO)[C@](O)(CCc3ccnc(N)c3)[C@H](O)[C@H]2O)c2c(c1)C(=O)c1cc(CCCCO)cc(O)c1C2=O. The van der Waals surface area contributed by atoms with Crippen LogP contribution in [0.2, 0.25) is 0 Å². The minimum atomic E-state index is -2.11. The van der Waals surface area contributed by atoms with Gasteiger partial charge in [0.25, 0.3) is 0 Å². The van der Waals surface area contributed by atoms with Gasteiger partial charge in [-0.15, -0.1) is 0 Å². The van der Waals surface area contributed by atoms with E-state index in [9.17, 15) is 35.1 Å². The molecule has 0 unspecified atom stereocenters. The fraction of sp³-hybridized carbons (Fsp3) is 0.406. The van der Waals surface area contributed by atoms with E-state index < -0.39 is 54.1 Å². The number of anilines is 1. The Balaban J connectivity index is 1.45. The first-order valence-corrected chi connectivity index (χ1v) is 14.5. The molecule has 5 rings (SSSR count). The standard InChI is InChI=1S/C32H36N2O11/c1-43-18-13-20-26(28(39)25-19(27(20)38)10-17(11-21(25)37)4-2-3-9-35)22(14-18)44-31-29(40)30(41)32(42,23(15-36)45-31)7-5-16-6-8-34-24(33)12-16/h6,8,10-14,23,29-31,35-37,40-42H,2-5,7,9,15H2,1H3,(H2,33,34)/t23-,29-,30-,31-,32-/m1/s1. The fourth-order valence-electron chi connectivity index (χ4n) is 5.89. The topological polar surface area (TPSA) is 222 Å². The van der Waals surface area contributed by atoms with Gasteiger partial charge in [-0.3, -0.25) is 9.59 Å². The normalized spacial score (nSPS) is 24.2. The summed E-state index contributed by atoms with van der Waals surface area (Å²) in [6, 6.07) is 8.84.